The first-order valence-corrected chi connectivity index (χ1v) is 8.94. The third-order valence-electron chi connectivity index (χ3n) is 4.42. The van der Waals surface area contributed by atoms with E-state index in [1.165, 1.54) is 11.8 Å². The summed E-state index contributed by atoms with van der Waals surface area (Å²) in [5.74, 6) is 1.94. The number of fused-ring (bicyclic) bond motifs is 1. The van der Waals surface area contributed by atoms with Crippen molar-refractivity contribution in [2.75, 3.05) is 5.73 Å². The Hall–Kier alpha value is -3.23. The van der Waals surface area contributed by atoms with Crippen molar-refractivity contribution in [2.45, 2.75) is 40.2 Å². The zero-order valence-electron chi connectivity index (χ0n) is 15.6. The number of nitrogens with two attached hydrogens (primary N) is 1. The Balaban J connectivity index is 1.62. The minimum Gasteiger partial charge on any atom is -0.443 e. The van der Waals surface area contributed by atoms with E-state index >= 15 is 0 Å². The van der Waals surface area contributed by atoms with Gasteiger partial charge in [0.1, 0.15) is 18.5 Å². The molecule has 0 aliphatic carbocycles. The summed E-state index contributed by atoms with van der Waals surface area (Å²) >= 11 is 0. The average Bonchev–Trinajstić information content (AvgIpc) is 3.37. The van der Waals surface area contributed by atoms with E-state index in [-0.39, 0.29) is 5.95 Å². The van der Waals surface area contributed by atoms with Crippen LogP contribution in [0.1, 0.15) is 37.2 Å². The molecule has 0 radical (unpaired) electrons. The van der Waals surface area contributed by atoms with Crippen LogP contribution in [-0.4, -0.2) is 34.3 Å². The maximum Gasteiger partial charge on any atom is 0.245 e. The molecule has 0 atom stereocenters. The highest BCUT2D eigenvalue weighted by atomic mass is 16.3. The summed E-state index contributed by atoms with van der Waals surface area (Å²) in [7, 11) is 0. The summed E-state index contributed by atoms with van der Waals surface area (Å²) < 4.78 is 8.74. The molecular formula is C18H22N8O. The summed E-state index contributed by atoms with van der Waals surface area (Å²) in [5.41, 5.74) is 9.30. The topological polar surface area (TPSA) is 113 Å². The van der Waals surface area contributed by atoms with Crippen molar-refractivity contribution < 1.29 is 4.42 Å². The summed E-state index contributed by atoms with van der Waals surface area (Å²) in [6, 6.07) is 0. The maximum absolute atomic E-state index is 6.07. The molecule has 0 bridgehead atoms. The van der Waals surface area contributed by atoms with E-state index in [0.717, 1.165) is 18.4 Å². The highest BCUT2D eigenvalue weighted by molar-refractivity contribution is 5.65. The van der Waals surface area contributed by atoms with E-state index in [1.54, 1.807) is 10.7 Å². The molecular weight excluding hydrogens is 344 g/mol. The Morgan fingerprint density at radius 2 is 2.11 bits per heavy atom. The second kappa shape index (κ2) is 6.82. The molecule has 4 rings (SSSR count). The van der Waals surface area contributed by atoms with Gasteiger partial charge < -0.3 is 10.2 Å². The molecule has 0 aliphatic rings. The summed E-state index contributed by atoms with van der Waals surface area (Å²) in [4.78, 5) is 13.1. The van der Waals surface area contributed by atoms with Gasteiger partial charge in [-0.15, -0.1) is 5.10 Å². The third-order valence-corrected chi connectivity index (χ3v) is 4.42. The molecule has 0 spiro atoms. The maximum atomic E-state index is 6.07. The molecule has 0 saturated heterocycles. The molecule has 2 N–H and O–H groups in total. The van der Waals surface area contributed by atoms with Gasteiger partial charge in [-0.05, 0) is 31.2 Å². The highest BCUT2D eigenvalue weighted by Crippen LogP contribution is 2.24. The van der Waals surface area contributed by atoms with Crippen LogP contribution in [0.2, 0.25) is 0 Å². The van der Waals surface area contributed by atoms with Crippen molar-refractivity contribution >= 4 is 11.6 Å². The Morgan fingerprint density at radius 1 is 1.26 bits per heavy atom. The lowest BCUT2D eigenvalue weighted by Gasteiger charge is -2.04. The van der Waals surface area contributed by atoms with Crippen molar-refractivity contribution in [3.8, 4) is 11.6 Å². The zero-order chi connectivity index (χ0) is 19.0. The Morgan fingerprint density at radius 3 is 2.85 bits per heavy atom. The van der Waals surface area contributed by atoms with Crippen LogP contribution < -0.4 is 5.73 Å². The van der Waals surface area contributed by atoms with Gasteiger partial charge in [0, 0.05) is 11.8 Å². The van der Waals surface area contributed by atoms with Gasteiger partial charge in [0.05, 0.1) is 12.4 Å². The van der Waals surface area contributed by atoms with Gasteiger partial charge >= 0.3 is 0 Å². The number of oxazole rings is 1. The van der Waals surface area contributed by atoms with Crippen LogP contribution in [0.4, 0.5) is 5.95 Å². The first-order chi connectivity index (χ1) is 13.0. The predicted octanol–water partition coefficient (Wildman–Crippen LogP) is 2.50. The minimum absolute atomic E-state index is 0.237. The smallest absolute Gasteiger partial charge is 0.245 e. The lowest BCUT2D eigenvalue weighted by molar-refractivity contribution is 0.571. The van der Waals surface area contributed by atoms with Gasteiger partial charge in [0.25, 0.3) is 0 Å². The van der Waals surface area contributed by atoms with Crippen molar-refractivity contribution in [1.29, 1.82) is 0 Å². The Kier molecular flexibility index (Phi) is 4.35. The predicted molar refractivity (Wildman–Crippen MR) is 99.9 cm³/mol. The van der Waals surface area contributed by atoms with Crippen LogP contribution in [0.5, 0.6) is 0 Å². The van der Waals surface area contributed by atoms with E-state index < -0.39 is 0 Å². The highest BCUT2D eigenvalue weighted by Gasteiger charge is 2.18. The van der Waals surface area contributed by atoms with Gasteiger partial charge in [0.2, 0.25) is 11.8 Å². The number of aryl methyl sites for hydroxylation is 2. The molecule has 0 aromatic carbocycles. The summed E-state index contributed by atoms with van der Waals surface area (Å²) in [5, 5.41) is 8.90. The number of anilines is 1. The number of nitrogen functional groups attached to an aromatic ring is 1. The van der Waals surface area contributed by atoms with Crippen LogP contribution in [0.25, 0.3) is 17.2 Å². The molecule has 140 valence electrons. The molecule has 4 aromatic heterocycles. The largest absolute Gasteiger partial charge is 0.443 e. The number of nitrogens with zero attached hydrogens (tertiary/aromatic N) is 7. The quantitative estimate of drug-likeness (QED) is 0.558. The molecule has 9 nitrogen and oxygen atoms in total. The fraction of sp³-hybridized carbons (Fsp3) is 0.389. The molecule has 0 saturated carbocycles. The standard InChI is InChI=1S/C18H22N8O/c1-11(2)4-5-13-8-21-25(9-13)10-14-22-16-12(3)15(17-20-6-7-27-17)23-18(19)26(16)24-14/h6-9,11H,4-5,10H2,1-3H3,(H2,19,23). The van der Waals surface area contributed by atoms with E-state index in [9.17, 15) is 0 Å². The van der Waals surface area contributed by atoms with Gasteiger partial charge in [-0.3, -0.25) is 4.68 Å². The molecule has 0 amide bonds. The molecule has 9 heteroatoms. The minimum atomic E-state index is 0.237. The number of hydrogen-bond donors (Lipinski definition) is 1. The Bertz CT molecular complexity index is 1060. The van der Waals surface area contributed by atoms with Gasteiger partial charge in [-0.25, -0.2) is 15.0 Å². The van der Waals surface area contributed by atoms with E-state index in [0.29, 0.717) is 35.5 Å². The molecule has 4 heterocycles. The normalized spacial score (nSPS) is 11.7. The molecule has 0 fully saturated rings. The van der Waals surface area contributed by atoms with E-state index in [2.05, 4.69) is 39.0 Å². The number of aromatic nitrogens is 7. The average molecular weight is 366 g/mol. The first kappa shape index (κ1) is 17.2. The van der Waals surface area contributed by atoms with Gasteiger partial charge in [-0.2, -0.15) is 9.61 Å². The van der Waals surface area contributed by atoms with E-state index in [1.807, 2.05) is 24.0 Å². The van der Waals surface area contributed by atoms with Crippen molar-refractivity contribution in [3.05, 3.63) is 41.8 Å². The lowest BCUT2D eigenvalue weighted by Crippen LogP contribution is -2.06. The molecule has 0 unspecified atom stereocenters. The van der Waals surface area contributed by atoms with Crippen molar-refractivity contribution in [1.82, 2.24) is 34.3 Å². The van der Waals surface area contributed by atoms with Crippen molar-refractivity contribution in [3.63, 3.8) is 0 Å². The monoisotopic (exact) mass is 366 g/mol. The SMILES string of the molecule is Cc1c(-c2ncco2)nc(N)n2nc(Cn3cc(CCC(C)C)cn3)nc12. The summed E-state index contributed by atoms with van der Waals surface area (Å²) in [6.07, 6.45) is 9.18. The second-order valence-corrected chi connectivity index (χ2v) is 7.02. The van der Waals surface area contributed by atoms with E-state index in [4.69, 9.17) is 10.2 Å². The zero-order valence-corrected chi connectivity index (χ0v) is 15.6. The fourth-order valence-electron chi connectivity index (χ4n) is 2.95. The molecule has 0 aliphatic heterocycles. The third kappa shape index (κ3) is 3.40. The number of rotatable bonds is 6. The lowest BCUT2D eigenvalue weighted by atomic mass is 10.1. The van der Waals surface area contributed by atoms with Gasteiger partial charge in [0.15, 0.2) is 11.5 Å². The van der Waals surface area contributed by atoms with Crippen LogP contribution in [-0.2, 0) is 13.0 Å². The van der Waals surface area contributed by atoms with Crippen LogP contribution >= 0.6 is 0 Å². The van der Waals surface area contributed by atoms with Gasteiger partial charge in [-0.1, -0.05) is 13.8 Å². The van der Waals surface area contributed by atoms with Crippen LogP contribution in [0, 0.1) is 12.8 Å². The first-order valence-electron chi connectivity index (χ1n) is 8.94. The Labute approximate surface area is 156 Å². The number of hydrogen-bond acceptors (Lipinski definition) is 7. The fourth-order valence-corrected chi connectivity index (χ4v) is 2.95. The van der Waals surface area contributed by atoms with Crippen LogP contribution in [0.3, 0.4) is 0 Å². The molecule has 27 heavy (non-hydrogen) atoms. The molecule has 4 aromatic rings. The second-order valence-electron chi connectivity index (χ2n) is 7.02. The summed E-state index contributed by atoms with van der Waals surface area (Å²) in [6.45, 7) is 6.81. The van der Waals surface area contributed by atoms with Crippen LogP contribution in [0.15, 0.2) is 29.3 Å². The van der Waals surface area contributed by atoms with Crippen molar-refractivity contribution in [2.24, 2.45) is 5.92 Å².